The Morgan fingerprint density at radius 1 is 1.40 bits per heavy atom. The van der Waals surface area contributed by atoms with Crippen LogP contribution in [0.3, 0.4) is 0 Å². The molecule has 0 saturated heterocycles. The third kappa shape index (κ3) is 2.57. The van der Waals surface area contributed by atoms with E-state index < -0.39 is 0 Å². The van der Waals surface area contributed by atoms with Crippen LogP contribution in [-0.2, 0) is 12.4 Å². The summed E-state index contributed by atoms with van der Waals surface area (Å²) in [6.45, 7) is 2.83. The molecule has 0 aliphatic heterocycles. The summed E-state index contributed by atoms with van der Waals surface area (Å²) >= 11 is 5.68. The molecule has 0 atom stereocenters. The number of rotatable bonds is 3. The van der Waals surface area contributed by atoms with Crippen molar-refractivity contribution in [1.82, 2.24) is 14.5 Å². The van der Waals surface area contributed by atoms with Gasteiger partial charge in [0.2, 0.25) is 0 Å². The molecule has 2 aromatic heterocycles. The largest absolute Gasteiger partial charge is 0.333 e. The zero-order valence-corrected chi connectivity index (χ0v) is 9.28. The third-order valence-electron chi connectivity index (χ3n) is 2.12. The zero-order chi connectivity index (χ0) is 10.7. The molecule has 0 aliphatic rings. The van der Waals surface area contributed by atoms with Crippen LogP contribution in [0.5, 0.6) is 0 Å². The molecule has 0 fully saturated rings. The van der Waals surface area contributed by atoms with Crippen LogP contribution in [0.25, 0.3) is 0 Å². The molecule has 0 amide bonds. The smallest absolute Gasteiger partial charge is 0.0953 e. The summed E-state index contributed by atoms with van der Waals surface area (Å²) in [4.78, 5) is 8.31. The predicted octanol–water partition coefficient (Wildman–Crippen LogP) is 2.37. The van der Waals surface area contributed by atoms with Crippen LogP contribution < -0.4 is 0 Å². The van der Waals surface area contributed by atoms with E-state index in [1.807, 2.05) is 30.1 Å². The topological polar surface area (TPSA) is 30.7 Å². The van der Waals surface area contributed by atoms with Gasteiger partial charge < -0.3 is 4.57 Å². The second-order valence-corrected chi connectivity index (χ2v) is 3.81. The van der Waals surface area contributed by atoms with Crippen LogP contribution in [-0.4, -0.2) is 14.5 Å². The molecule has 0 unspecified atom stereocenters. The van der Waals surface area contributed by atoms with Crippen molar-refractivity contribution in [3.8, 4) is 0 Å². The Balaban J connectivity index is 2.14. The molecule has 15 heavy (non-hydrogen) atoms. The Bertz CT molecular complexity index is 451. The van der Waals surface area contributed by atoms with Crippen molar-refractivity contribution in [2.24, 2.45) is 0 Å². The van der Waals surface area contributed by atoms with Crippen LogP contribution >= 0.6 is 11.6 Å². The summed E-state index contributed by atoms with van der Waals surface area (Å²) in [5, 5.41) is 0. The molecular weight excluding hydrogens is 210 g/mol. The summed E-state index contributed by atoms with van der Waals surface area (Å²) in [5.74, 6) is 0.457. The minimum absolute atomic E-state index is 0.457. The molecule has 0 bridgehead atoms. The fourth-order valence-electron chi connectivity index (χ4n) is 1.48. The van der Waals surface area contributed by atoms with Crippen LogP contribution in [0.4, 0.5) is 0 Å². The number of imidazole rings is 1. The minimum atomic E-state index is 0.457. The SMILES string of the molecule is Cc1cncc(Cn2cnc(CCl)c2)c1. The van der Waals surface area contributed by atoms with Gasteiger partial charge in [-0.25, -0.2) is 4.98 Å². The van der Waals surface area contributed by atoms with Gasteiger partial charge in [0.25, 0.3) is 0 Å². The average molecular weight is 222 g/mol. The fraction of sp³-hybridized carbons (Fsp3) is 0.273. The lowest BCUT2D eigenvalue weighted by atomic mass is 10.2. The Hall–Kier alpha value is -1.35. The molecule has 2 rings (SSSR count). The van der Waals surface area contributed by atoms with Gasteiger partial charge in [0.1, 0.15) is 0 Å². The van der Waals surface area contributed by atoms with Gasteiger partial charge in [-0.15, -0.1) is 11.6 Å². The standard InChI is InChI=1S/C11H12ClN3/c1-9-2-10(5-13-4-9)6-15-7-11(3-12)14-8-15/h2,4-5,7-8H,3,6H2,1H3. The highest BCUT2D eigenvalue weighted by atomic mass is 35.5. The number of hydrogen-bond acceptors (Lipinski definition) is 2. The highest BCUT2D eigenvalue weighted by molar-refractivity contribution is 6.16. The fourth-order valence-corrected chi connectivity index (χ4v) is 1.61. The molecule has 0 spiro atoms. The highest BCUT2D eigenvalue weighted by Gasteiger charge is 1.99. The van der Waals surface area contributed by atoms with Crippen molar-refractivity contribution >= 4 is 11.6 Å². The van der Waals surface area contributed by atoms with Crippen molar-refractivity contribution < 1.29 is 0 Å². The first-order valence-electron chi connectivity index (χ1n) is 4.75. The van der Waals surface area contributed by atoms with Gasteiger partial charge in [0.15, 0.2) is 0 Å². The van der Waals surface area contributed by atoms with Crippen molar-refractivity contribution in [2.45, 2.75) is 19.3 Å². The van der Waals surface area contributed by atoms with E-state index in [0.29, 0.717) is 5.88 Å². The third-order valence-corrected chi connectivity index (χ3v) is 2.39. The van der Waals surface area contributed by atoms with Crippen molar-refractivity contribution in [3.63, 3.8) is 0 Å². The molecular formula is C11H12ClN3. The first kappa shape index (κ1) is 10.2. The van der Waals surface area contributed by atoms with Gasteiger partial charge >= 0.3 is 0 Å². The molecule has 3 nitrogen and oxygen atoms in total. The monoisotopic (exact) mass is 221 g/mol. The van der Waals surface area contributed by atoms with E-state index >= 15 is 0 Å². The van der Waals surface area contributed by atoms with Crippen LogP contribution in [0.2, 0.25) is 0 Å². The average Bonchev–Trinajstić information content (AvgIpc) is 2.65. The second kappa shape index (κ2) is 4.45. The van der Waals surface area contributed by atoms with Crippen molar-refractivity contribution in [2.75, 3.05) is 0 Å². The number of halogens is 1. The number of aromatic nitrogens is 3. The Kier molecular flexibility index (Phi) is 3.02. The van der Waals surface area contributed by atoms with E-state index in [0.717, 1.165) is 12.2 Å². The number of alkyl halides is 1. The maximum atomic E-state index is 5.68. The summed E-state index contributed by atoms with van der Waals surface area (Å²) in [7, 11) is 0. The summed E-state index contributed by atoms with van der Waals surface area (Å²) in [5.41, 5.74) is 3.25. The van der Waals surface area contributed by atoms with Gasteiger partial charge in [-0.1, -0.05) is 6.07 Å². The summed E-state index contributed by atoms with van der Waals surface area (Å²) in [6.07, 6.45) is 7.46. The van der Waals surface area contributed by atoms with E-state index in [2.05, 4.69) is 16.0 Å². The van der Waals surface area contributed by atoms with Gasteiger partial charge in [-0.3, -0.25) is 4.98 Å². The van der Waals surface area contributed by atoms with E-state index in [-0.39, 0.29) is 0 Å². The molecule has 2 aromatic rings. The minimum Gasteiger partial charge on any atom is -0.333 e. The van der Waals surface area contributed by atoms with E-state index in [1.54, 1.807) is 6.33 Å². The first-order valence-corrected chi connectivity index (χ1v) is 5.28. The summed E-state index contributed by atoms with van der Waals surface area (Å²) < 4.78 is 2.01. The number of pyridine rings is 1. The number of hydrogen-bond donors (Lipinski definition) is 0. The molecule has 0 saturated carbocycles. The van der Waals surface area contributed by atoms with Crippen molar-refractivity contribution in [1.29, 1.82) is 0 Å². The van der Waals surface area contributed by atoms with Crippen LogP contribution in [0.1, 0.15) is 16.8 Å². The maximum Gasteiger partial charge on any atom is 0.0953 e. The molecule has 0 aromatic carbocycles. The zero-order valence-electron chi connectivity index (χ0n) is 8.52. The maximum absolute atomic E-state index is 5.68. The van der Waals surface area contributed by atoms with Gasteiger partial charge in [0.05, 0.1) is 24.4 Å². The molecule has 4 heteroatoms. The van der Waals surface area contributed by atoms with Gasteiger partial charge in [0, 0.05) is 18.6 Å². The van der Waals surface area contributed by atoms with Crippen molar-refractivity contribution in [3.05, 3.63) is 47.8 Å². The van der Waals surface area contributed by atoms with Crippen LogP contribution in [0, 0.1) is 6.92 Å². The van der Waals surface area contributed by atoms with E-state index in [1.165, 1.54) is 11.1 Å². The lowest BCUT2D eigenvalue weighted by Gasteiger charge is -2.02. The lowest BCUT2D eigenvalue weighted by Crippen LogP contribution is -1.97. The van der Waals surface area contributed by atoms with Gasteiger partial charge in [-0.05, 0) is 18.1 Å². The normalized spacial score (nSPS) is 10.5. The molecule has 2 heterocycles. The summed E-state index contributed by atoms with van der Waals surface area (Å²) in [6, 6.07) is 2.12. The Morgan fingerprint density at radius 2 is 2.27 bits per heavy atom. The number of nitrogens with zero attached hydrogens (tertiary/aromatic N) is 3. The highest BCUT2D eigenvalue weighted by Crippen LogP contribution is 2.06. The quantitative estimate of drug-likeness (QED) is 0.746. The molecule has 0 aliphatic carbocycles. The molecule has 0 N–H and O–H groups in total. The molecule has 78 valence electrons. The Morgan fingerprint density at radius 3 is 2.93 bits per heavy atom. The first-order chi connectivity index (χ1) is 7.28. The van der Waals surface area contributed by atoms with E-state index in [9.17, 15) is 0 Å². The second-order valence-electron chi connectivity index (χ2n) is 3.54. The van der Waals surface area contributed by atoms with Gasteiger partial charge in [-0.2, -0.15) is 0 Å². The molecule has 0 radical (unpaired) electrons. The number of aryl methyl sites for hydroxylation is 1. The predicted molar refractivity (Wildman–Crippen MR) is 59.9 cm³/mol. The van der Waals surface area contributed by atoms with Crippen LogP contribution in [0.15, 0.2) is 31.0 Å². The Labute approximate surface area is 93.7 Å². The van der Waals surface area contributed by atoms with E-state index in [4.69, 9.17) is 11.6 Å². The lowest BCUT2D eigenvalue weighted by molar-refractivity contribution is 0.791.